The van der Waals surface area contributed by atoms with Gasteiger partial charge in [0.15, 0.2) is 0 Å². The Hall–Kier alpha value is -2.88. The smallest absolute Gasteiger partial charge is 0.409 e. The van der Waals surface area contributed by atoms with Crippen LogP contribution in [0.5, 0.6) is 0 Å². The molecule has 0 aromatic heterocycles. The Bertz CT molecular complexity index is 748. The minimum atomic E-state index is -0.945. The molecule has 2 N–H and O–H groups in total. The summed E-state index contributed by atoms with van der Waals surface area (Å²) in [4.78, 5) is 47.4. The van der Waals surface area contributed by atoms with E-state index in [1.54, 1.807) is 11.8 Å². The molecule has 0 radical (unpaired) electrons. The van der Waals surface area contributed by atoms with Gasteiger partial charge in [-0.25, -0.2) is 4.79 Å². The van der Waals surface area contributed by atoms with Crippen LogP contribution in [0.1, 0.15) is 19.8 Å². The number of anilines is 1. The van der Waals surface area contributed by atoms with Gasteiger partial charge in [0.25, 0.3) is 5.69 Å². The molecule has 0 unspecified atom stereocenters. The summed E-state index contributed by atoms with van der Waals surface area (Å²) in [5.74, 6) is -1.80. The number of carbonyl (C=O) groups excluding carboxylic acids is 3. The largest absolute Gasteiger partial charge is 0.450 e. The second-order valence-electron chi connectivity index (χ2n) is 5.81. The lowest BCUT2D eigenvalue weighted by Crippen LogP contribution is -2.49. The number of halogens is 1. The minimum Gasteiger partial charge on any atom is -0.450 e. The van der Waals surface area contributed by atoms with Gasteiger partial charge in [-0.2, -0.15) is 0 Å². The zero-order valence-corrected chi connectivity index (χ0v) is 15.3. The second-order valence-corrected chi connectivity index (χ2v) is 6.22. The SMILES string of the molecule is CCOC(=O)N1CCC(NC(=O)C(=O)Nc2ccc(Cl)c([N+](=O)[O-])c2)CC1. The molecule has 0 spiro atoms. The zero-order valence-electron chi connectivity index (χ0n) is 14.6. The van der Waals surface area contributed by atoms with Crippen LogP contribution < -0.4 is 10.6 Å². The van der Waals surface area contributed by atoms with Crippen molar-refractivity contribution >= 4 is 40.9 Å². The second kappa shape index (κ2) is 9.17. The topological polar surface area (TPSA) is 131 Å². The van der Waals surface area contributed by atoms with Crippen LogP contribution in [-0.4, -0.2) is 53.5 Å². The Morgan fingerprint density at radius 2 is 1.96 bits per heavy atom. The molecular formula is C16H19ClN4O6. The number of carbonyl (C=O) groups is 3. The third-order valence-electron chi connectivity index (χ3n) is 3.96. The van der Waals surface area contributed by atoms with Crippen LogP contribution in [0.4, 0.5) is 16.2 Å². The molecule has 0 saturated carbocycles. The Balaban J connectivity index is 1.86. The van der Waals surface area contributed by atoms with E-state index < -0.39 is 22.8 Å². The molecule has 27 heavy (non-hydrogen) atoms. The predicted molar refractivity (Wildman–Crippen MR) is 96.5 cm³/mol. The Morgan fingerprint density at radius 3 is 2.56 bits per heavy atom. The van der Waals surface area contributed by atoms with Crippen molar-refractivity contribution in [2.75, 3.05) is 25.0 Å². The fourth-order valence-corrected chi connectivity index (χ4v) is 2.78. The Labute approximate surface area is 159 Å². The Morgan fingerprint density at radius 1 is 1.30 bits per heavy atom. The van der Waals surface area contributed by atoms with Crippen LogP contribution in [0.25, 0.3) is 0 Å². The van der Waals surface area contributed by atoms with Gasteiger partial charge < -0.3 is 20.3 Å². The number of likely N-dealkylation sites (tertiary alicyclic amines) is 1. The number of amides is 3. The summed E-state index contributed by atoms with van der Waals surface area (Å²) in [5.41, 5.74) is -0.287. The van der Waals surface area contributed by atoms with E-state index in [0.717, 1.165) is 6.07 Å². The molecular weight excluding hydrogens is 380 g/mol. The first kappa shape index (κ1) is 20.4. The van der Waals surface area contributed by atoms with Gasteiger partial charge in [0.1, 0.15) is 5.02 Å². The van der Waals surface area contributed by atoms with Crippen LogP contribution in [0, 0.1) is 10.1 Å². The van der Waals surface area contributed by atoms with Crippen molar-refractivity contribution in [3.05, 3.63) is 33.3 Å². The molecule has 11 heteroatoms. The number of hydrogen-bond acceptors (Lipinski definition) is 6. The molecule has 146 valence electrons. The van der Waals surface area contributed by atoms with Gasteiger partial charge in [-0.1, -0.05) is 11.6 Å². The van der Waals surface area contributed by atoms with Crippen LogP contribution in [0.3, 0.4) is 0 Å². The van der Waals surface area contributed by atoms with E-state index in [9.17, 15) is 24.5 Å². The molecule has 1 aliphatic rings. The van der Waals surface area contributed by atoms with E-state index in [0.29, 0.717) is 32.5 Å². The maximum Gasteiger partial charge on any atom is 0.409 e. The molecule has 1 fully saturated rings. The fraction of sp³-hybridized carbons (Fsp3) is 0.438. The first-order valence-electron chi connectivity index (χ1n) is 8.29. The first-order chi connectivity index (χ1) is 12.8. The van der Waals surface area contributed by atoms with Gasteiger partial charge in [0.05, 0.1) is 11.5 Å². The predicted octanol–water partition coefficient (Wildman–Crippen LogP) is 1.92. The third kappa shape index (κ3) is 5.55. The minimum absolute atomic E-state index is 0.0733. The third-order valence-corrected chi connectivity index (χ3v) is 4.28. The van der Waals surface area contributed by atoms with Crippen LogP contribution in [0.2, 0.25) is 5.02 Å². The summed E-state index contributed by atoms with van der Waals surface area (Å²) in [7, 11) is 0. The molecule has 1 aliphatic heterocycles. The highest BCUT2D eigenvalue weighted by Gasteiger charge is 2.26. The molecule has 10 nitrogen and oxygen atoms in total. The maximum absolute atomic E-state index is 12.0. The number of nitrogens with one attached hydrogen (secondary N) is 2. The maximum atomic E-state index is 12.0. The molecule has 1 aromatic rings. The normalized spacial score (nSPS) is 14.4. The highest BCUT2D eigenvalue weighted by Crippen LogP contribution is 2.27. The average Bonchev–Trinajstić information content (AvgIpc) is 2.63. The number of nitro groups is 1. The van der Waals surface area contributed by atoms with E-state index in [1.165, 1.54) is 12.1 Å². The highest BCUT2D eigenvalue weighted by molar-refractivity contribution is 6.39. The summed E-state index contributed by atoms with van der Waals surface area (Å²) in [6, 6.07) is 3.44. The number of rotatable bonds is 4. The van der Waals surface area contributed by atoms with Crippen molar-refractivity contribution in [3.63, 3.8) is 0 Å². The molecule has 0 aliphatic carbocycles. The summed E-state index contributed by atoms with van der Waals surface area (Å²) < 4.78 is 4.92. The number of nitro benzene ring substituents is 1. The molecule has 1 aromatic carbocycles. The van der Waals surface area contributed by atoms with Crippen LogP contribution >= 0.6 is 11.6 Å². The monoisotopic (exact) mass is 398 g/mol. The first-order valence-corrected chi connectivity index (χ1v) is 8.67. The van der Waals surface area contributed by atoms with E-state index in [4.69, 9.17) is 16.3 Å². The van der Waals surface area contributed by atoms with Crippen molar-refractivity contribution < 1.29 is 24.0 Å². The van der Waals surface area contributed by atoms with Gasteiger partial charge in [-0.3, -0.25) is 19.7 Å². The summed E-state index contributed by atoms with van der Waals surface area (Å²) in [5, 5.41) is 15.7. The van der Waals surface area contributed by atoms with Crippen LogP contribution in [-0.2, 0) is 14.3 Å². The van der Waals surface area contributed by atoms with Crippen molar-refractivity contribution in [2.45, 2.75) is 25.8 Å². The standard InChI is InChI=1S/C16H19ClN4O6/c1-2-27-16(24)20-7-5-10(6-8-20)18-14(22)15(23)19-11-3-4-12(17)13(9-11)21(25)26/h3-4,9-10H,2,5-8H2,1H3,(H,18,22)(H,19,23). The molecule has 1 saturated heterocycles. The lowest BCUT2D eigenvalue weighted by Gasteiger charge is -2.31. The van der Waals surface area contributed by atoms with Crippen LogP contribution in [0.15, 0.2) is 18.2 Å². The van der Waals surface area contributed by atoms with E-state index in [-0.39, 0.29) is 22.4 Å². The lowest BCUT2D eigenvalue weighted by molar-refractivity contribution is -0.384. The average molecular weight is 399 g/mol. The van der Waals surface area contributed by atoms with Crippen molar-refractivity contribution in [3.8, 4) is 0 Å². The van der Waals surface area contributed by atoms with Crippen molar-refractivity contribution in [1.29, 1.82) is 0 Å². The van der Waals surface area contributed by atoms with E-state index in [2.05, 4.69) is 10.6 Å². The number of hydrogen-bond donors (Lipinski definition) is 2. The fourth-order valence-electron chi connectivity index (χ4n) is 2.59. The van der Waals surface area contributed by atoms with E-state index in [1.807, 2.05) is 0 Å². The van der Waals surface area contributed by atoms with Crippen molar-refractivity contribution in [1.82, 2.24) is 10.2 Å². The number of ether oxygens (including phenoxy) is 1. The highest BCUT2D eigenvalue weighted by atomic mass is 35.5. The lowest BCUT2D eigenvalue weighted by atomic mass is 10.1. The van der Waals surface area contributed by atoms with Crippen molar-refractivity contribution in [2.24, 2.45) is 0 Å². The molecule has 0 atom stereocenters. The van der Waals surface area contributed by atoms with Gasteiger partial charge in [-0.15, -0.1) is 0 Å². The summed E-state index contributed by atoms with van der Waals surface area (Å²) in [6.07, 6.45) is 0.582. The number of nitrogens with zero attached hydrogens (tertiary/aromatic N) is 2. The molecule has 0 bridgehead atoms. The van der Waals surface area contributed by atoms with Gasteiger partial charge in [0, 0.05) is 30.9 Å². The number of piperidine rings is 1. The summed E-state index contributed by atoms with van der Waals surface area (Å²) >= 11 is 5.70. The van der Waals surface area contributed by atoms with Gasteiger partial charge in [-0.05, 0) is 31.9 Å². The Kier molecular flexibility index (Phi) is 6.94. The zero-order chi connectivity index (χ0) is 20.0. The number of benzene rings is 1. The summed E-state index contributed by atoms with van der Waals surface area (Å²) in [6.45, 7) is 2.83. The van der Waals surface area contributed by atoms with E-state index >= 15 is 0 Å². The molecule has 3 amide bonds. The quantitative estimate of drug-likeness (QED) is 0.452. The van der Waals surface area contributed by atoms with Gasteiger partial charge in [0.2, 0.25) is 0 Å². The molecule has 1 heterocycles. The molecule has 2 rings (SSSR count). The van der Waals surface area contributed by atoms with Gasteiger partial charge >= 0.3 is 17.9 Å².